The molecule has 4 aromatic rings. The first-order valence-corrected chi connectivity index (χ1v) is 11.9. The van der Waals surface area contributed by atoms with E-state index < -0.39 is 0 Å². The fourth-order valence-corrected chi connectivity index (χ4v) is 5.66. The molecule has 0 atom stereocenters. The van der Waals surface area contributed by atoms with Gasteiger partial charge in [-0.3, -0.25) is 4.40 Å². The Kier molecular flexibility index (Phi) is 5.11. The van der Waals surface area contributed by atoms with Gasteiger partial charge in [0.15, 0.2) is 5.65 Å². The third-order valence-electron chi connectivity index (χ3n) is 7.75. The molecule has 3 heterocycles. The first-order chi connectivity index (χ1) is 15.0. The second kappa shape index (κ2) is 7.81. The minimum absolute atomic E-state index is 0.436. The van der Waals surface area contributed by atoms with Gasteiger partial charge in [0.25, 0.3) is 0 Å². The Morgan fingerprint density at radius 3 is 2.58 bits per heavy atom. The number of benzene rings is 1. The highest BCUT2D eigenvalue weighted by Gasteiger charge is 2.24. The quantitative estimate of drug-likeness (QED) is 0.381. The highest BCUT2D eigenvalue weighted by Crippen LogP contribution is 2.41. The van der Waals surface area contributed by atoms with Gasteiger partial charge in [0.2, 0.25) is 0 Å². The second-order valence-corrected chi connectivity index (χ2v) is 9.85. The Hall–Kier alpha value is -2.62. The molecular weight excluding hydrogens is 380 g/mol. The molecule has 162 valence electrons. The van der Waals surface area contributed by atoms with E-state index in [1.54, 1.807) is 6.33 Å². The molecule has 0 spiro atoms. The molecule has 5 rings (SSSR count). The maximum Gasteiger partial charge on any atom is 0.163 e. The highest BCUT2D eigenvalue weighted by atomic mass is 15.2. The van der Waals surface area contributed by atoms with Crippen molar-refractivity contribution in [3.05, 3.63) is 53.0 Å². The number of pyridine rings is 1. The predicted molar refractivity (Wildman–Crippen MR) is 129 cm³/mol. The number of aromatic amines is 1. The maximum atomic E-state index is 4.29. The van der Waals surface area contributed by atoms with Gasteiger partial charge in [-0.2, -0.15) is 0 Å². The fraction of sp³-hybridized carbons (Fsp3) is 0.481. The van der Waals surface area contributed by atoms with E-state index in [1.165, 1.54) is 76.5 Å². The van der Waals surface area contributed by atoms with Crippen molar-refractivity contribution in [1.29, 1.82) is 0 Å². The number of aromatic nitrogens is 4. The van der Waals surface area contributed by atoms with Crippen LogP contribution in [0.4, 0.5) is 0 Å². The van der Waals surface area contributed by atoms with Crippen LogP contribution in [0.1, 0.15) is 87.0 Å². The van der Waals surface area contributed by atoms with Gasteiger partial charge in [-0.05, 0) is 91.7 Å². The van der Waals surface area contributed by atoms with Crippen LogP contribution in [0.5, 0.6) is 0 Å². The number of hydrogen-bond donors (Lipinski definition) is 1. The van der Waals surface area contributed by atoms with Gasteiger partial charge in [-0.1, -0.05) is 33.3 Å². The van der Waals surface area contributed by atoms with Crippen molar-refractivity contribution in [1.82, 2.24) is 19.6 Å². The molecule has 0 bridgehead atoms. The minimum atomic E-state index is 0.436. The standard InChI is InChI=1S/C27H34N4/c1-6-19-7-9-20(10-8-19)21-11-12-24-22(13-21)25(16(2)3)26(29-24)23-14-31-15-28-30-27(31)18(5)17(23)4/h11-16,19-20,29H,6-10H2,1-5H3. The second-order valence-electron chi connectivity index (χ2n) is 9.85. The molecule has 4 heteroatoms. The van der Waals surface area contributed by atoms with Crippen LogP contribution in [-0.4, -0.2) is 19.6 Å². The van der Waals surface area contributed by atoms with Gasteiger partial charge >= 0.3 is 0 Å². The Balaban J connectivity index is 1.63. The van der Waals surface area contributed by atoms with Crippen molar-refractivity contribution in [2.24, 2.45) is 5.92 Å². The largest absolute Gasteiger partial charge is 0.354 e. The van der Waals surface area contributed by atoms with Crippen molar-refractivity contribution in [2.75, 3.05) is 0 Å². The summed E-state index contributed by atoms with van der Waals surface area (Å²) in [5.74, 6) is 2.08. The number of nitrogens with zero attached hydrogens (tertiary/aromatic N) is 3. The molecule has 1 aromatic carbocycles. The lowest BCUT2D eigenvalue weighted by molar-refractivity contribution is 0.319. The molecule has 1 aliphatic rings. The van der Waals surface area contributed by atoms with Crippen LogP contribution in [0.2, 0.25) is 0 Å². The predicted octanol–water partition coefficient (Wildman–Crippen LogP) is 7.30. The molecular formula is C27H34N4. The lowest BCUT2D eigenvalue weighted by atomic mass is 9.77. The number of rotatable bonds is 4. The summed E-state index contributed by atoms with van der Waals surface area (Å²) in [6.07, 6.45) is 10.7. The number of H-pyrrole nitrogens is 1. The number of hydrogen-bond acceptors (Lipinski definition) is 2. The maximum absolute atomic E-state index is 4.29. The Morgan fingerprint density at radius 1 is 1.10 bits per heavy atom. The van der Waals surface area contributed by atoms with Crippen LogP contribution >= 0.6 is 0 Å². The van der Waals surface area contributed by atoms with Crippen LogP contribution in [-0.2, 0) is 0 Å². The third kappa shape index (κ3) is 3.37. The van der Waals surface area contributed by atoms with E-state index in [9.17, 15) is 0 Å². The molecule has 31 heavy (non-hydrogen) atoms. The minimum Gasteiger partial charge on any atom is -0.354 e. The van der Waals surface area contributed by atoms with Gasteiger partial charge in [0, 0.05) is 22.7 Å². The lowest BCUT2D eigenvalue weighted by Crippen LogP contribution is -2.12. The summed E-state index contributed by atoms with van der Waals surface area (Å²) < 4.78 is 2.05. The van der Waals surface area contributed by atoms with E-state index in [4.69, 9.17) is 0 Å². The van der Waals surface area contributed by atoms with Crippen molar-refractivity contribution in [2.45, 2.75) is 78.6 Å². The van der Waals surface area contributed by atoms with E-state index in [1.807, 2.05) is 4.40 Å². The summed E-state index contributed by atoms with van der Waals surface area (Å²) in [4.78, 5) is 3.78. The van der Waals surface area contributed by atoms with E-state index in [2.05, 4.69) is 74.2 Å². The summed E-state index contributed by atoms with van der Waals surface area (Å²) in [6.45, 7) is 11.3. The van der Waals surface area contributed by atoms with Crippen molar-refractivity contribution in [3.8, 4) is 11.3 Å². The zero-order valence-corrected chi connectivity index (χ0v) is 19.5. The average Bonchev–Trinajstić information content (AvgIpc) is 3.40. The van der Waals surface area contributed by atoms with Crippen LogP contribution in [0.25, 0.3) is 27.8 Å². The zero-order chi connectivity index (χ0) is 21.7. The summed E-state index contributed by atoms with van der Waals surface area (Å²) in [7, 11) is 0. The first-order valence-electron chi connectivity index (χ1n) is 11.9. The van der Waals surface area contributed by atoms with Crippen molar-refractivity contribution in [3.63, 3.8) is 0 Å². The smallest absolute Gasteiger partial charge is 0.163 e. The molecule has 1 fully saturated rings. The van der Waals surface area contributed by atoms with Crippen molar-refractivity contribution < 1.29 is 0 Å². The van der Waals surface area contributed by atoms with Gasteiger partial charge in [-0.15, -0.1) is 10.2 Å². The van der Waals surface area contributed by atoms with Gasteiger partial charge in [0.1, 0.15) is 6.33 Å². The first kappa shape index (κ1) is 20.3. The van der Waals surface area contributed by atoms with Crippen LogP contribution in [0, 0.1) is 19.8 Å². The monoisotopic (exact) mass is 414 g/mol. The molecule has 0 radical (unpaired) electrons. The van der Waals surface area contributed by atoms with Crippen molar-refractivity contribution >= 4 is 16.6 Å². The van der Waals surface area contributed by atoms with Crippen LogP contribution in [0.3, 0.4) is 0 Å². The number of fused-ring (bicyclic) bond motifs is 2. The topological polar surface area (TPSA) is 46.0 Å². The molecule has 0 saturated heterocycles. The fourth-order valence-electron chi connectivity index (χ4n) is 5.66. The summed E-state index contributed by atoms with van der Waals surface area (Å²) >= 11 is 0. The number of aryl methyl sites for hydroxylation is 1. The summed E-state index contributed by atoms with van der Waals surface area (Å²) in [5, 5.41) is 9.80. The Morgan fingerprint density at radius 2 is 1.87 bits per heavy atom. The molecule has 0 amide bonds. The van der Waals surface area contributed by atoms with E-state index in [0.717, 1.165) is 11.6 Å². The molecule has 1 aliphatic carbocycles. The normalized spacial score (nSPS) is 19.7. The van der Waals surface area contributed by atoms with Gasteiger partial charge in [-0.25, -0.2) is 0 Å². The van der Waals surface area contributed by atoms with E-state index >= 15 is 0 Å². The Bertz CT molecular complexity index is 1240. The zero-order valence-electron chi connectivity index (χ0n) is 19.5. The average molecular weight is 415 g/mol. The van der Waals surface area contributed by atoms with E-state index in [0.29, 0.717) is 11.8 Å². The van der Waals surface area contributed by atoms with Gasteiger partial charge in [0.05, 0.1) is 5.69 Å². The number of nitrogens with one attached hydrogen (secondary N) is 1. The van der Waals surface area contributed by atoms with Crippen LogP contribution in [0.15, 0.2) is 30.7 Å². The SMILES string of the molecule is CCC1CCC(c2ccc3[nH]c(-c4cn5cnnc5c(C)c4C)c(C(C)C)c3c2)CC1. The molecule has 4 nitrogen and oxygen atoms in total. The molecule has 3 aromatic heterocycles. The molecule has 1 saturated carbocycles. The highest BCUT2D eigenvalue weighted by molar-refractivity contribution is 5.92. The molecule has 0 aliphatic heterocycles. The Labute approximate surface area is 185 Å². The van der Waals surface area contributed by atoms with Gasteiger partial charge < -0.3 is 4.98 Å². The third-order valence-corrected chi connectivity index (χ3v) is 7.75. The lowest BCUT2D eigenvalue weighted by Gasteiger charge is -2.28. The molecule has 1 N–H and O–H groups in total. The van der Waals surface area contributed by atoms with E-state index in [-0.39, 0.29) is 0 Å². The van der Waals surface area contributed by atoms with Crippen LogP contribution < -0.4 is 0 Å². The summed E-state index contributed by atoms with van der Waals surface area (Å²) in [6, 6.07) is 7.16. The molecule has 0 unspecified atom stereocenters. The summed E-state index contributed by atoms with van der Waals surface area (Å²) in [5.41, 5.74) is 10.1.